The molecule has 0 spiro atoms. The third kappa shape index (κ3) is 6.58. The lowest BCUT2D eigenvalue weighted by atomic mass is 9.86. The molecule has 2 nitrogen and oxygen atoms in total. The smallest absolute Gasteiger partial charge is 0.116 e. The molecule has 0 bridgehead atoms. The van der Waals surface area contributed by atoms with Gasteiger partial charge >= 0.3 is 0 Å². The summed E-state index contributed by atoms with van der Waals surface area (Å²) < 4.78 is 13.4. The number of hydrogen-bond donors (Lipinski definition) is 2. The van der Waals surface area contributed by atoms with E-state index < -0.39 is 11.8 Å². The van der Waals surface area contributed by atoms with Crippen LogP contribution in [0.25, 0.3) is 0 Å². The molecule has 0 saturated carbocycles. The van der Waals surface area contributed by atoms with E-state index in [4.69, 9.17) is 5.73 Å². The number of halogens is 1. The number of rotatable bonds is 10. The highest BCUT2D eigenvalue weighted by Crippen LogP contribution is 2.25. The first-order valence-electron chi connectivity index (χ1n) is 8.17. The second-order valence-corrected chi connectivity index (χ2v) is 6.08. The Bertz CT molecular complexity index is 402. The van der Waals surface area contributed by atoms with Crippen LogP contribution in [-0.2, 0) is 12.8 Å². The second kappa shape index (κ2) is 9.16. The van der Waals surface area contributed by atoms with Gasteiger partial charge in [-0.25, -0.2) is 4.39 Å². The fraction of sp³-hybridized carbons (Fsp3) is 0.667. The molecule has 0 fully saturated rings. The van der Waals surface area contributed by atoms with E-state index in [9.17, 15) is 9.50 Å². The standard InChI is InChI=1S/C18H30FNO/c1-3-9-18(21,10-4-2)11-8-15-6-5-7-16(12-15)13-17(19)14-20/h5-7,12,17,21H,3-4,8-11,13-14,20H2,1-2H3. The molecule has 0 heterocycles. The van der Waals surface area contributed by atoms with Gasteiger partial charge in [-0.05, 0) is 36.8 Å². The molecule has 1 aromatic carbocycles. The molecular weight excluding hydrogens is 265 g/mol. The molecule has 1 atom stereocenters. The highest BCUT2D eigenvalue weighted by molar-refractivity contribution is 5.24. The Kier molecular flexibility index (Phi) is 7.91. The summed E-state index contributed by atoms with van der Waals surface area (Å²) in [6, 6.07) is 8.00. The lowest BCUT2D eigenvalue weighted by molar-refractivity contribution is 0.0132. The van der Waals surface area contributed by atoms with Gasteiger partial charge in [0.25, 0.3) is 0 Å². The van der Waals surface area contributed by atoms with Crippen LogP contribution < -0.4 is 5.73 Å². The summed E-state index contributed by atoms with van der Waals surface area (Å²) in [5.41, 5.74) is 6.93. The van der Waals surface area contributed by atoms with Crippen molar-refractivity contribution in [2.75, 3.05) is 6.54 Å². The maximum absolute atomic E-state index is 13.4. The Balaban J connectivity index is 2.63. The molecule has 0 aliphatic rings. The SMILES string of the molecule is CCCC(O)(CCC)CCc1cccc(CC(F)CN)c1. The maximum atomic E-state index is 13.4. The molecule has 0 radical (unpaired) electrons. The van der Waals surface area contributed by atoms with E-state index in [0.717, 1.165) is 44.1 Å². The summed E-state index contributed by atoms with van der Waals surface area (Å²) in [6.45, 7) is 4.28. The van der Waals surface area contributed by atoms with Crippen molar-refractivity contribution in [2.45, 2.75) is 70.6 Å². The van der Waals surface area contributed by atoms with Gasteiger partial charge in [-0.2, -0.15) is 0 Å². The highest BCUT2D eigenvalue weighted by atomic mass is 19.1. The minimum absolute atomic E-state index is 0.0664. The predicted molar refractivity (Wildman–Crippen MR) is 87.2 cm³/mol. The Labute approximate surface area is 128 Å². The number of nitrogens with two attached hydrogens (primary N) is 1. The lowest BCUT2D eigenvalue weighted by Gasteiger charge is -2.27. The maximum Gasteiger partial charge on any atom is 0.116 e. The molecule has 1 aromatic rings. The Morgan fingerprint density at radius 1 is 1.14 bits per heavy atom. The van der Waals surface area contributed by atoms with Crippen molar-refractivity contribution in [2.24, 2.45) is 5.73 Å². The van der Waals surface area contributed by atoms with Crippen molar-refractivity contribution in [1.82, 2.24) is 0 Å². The summed E-state index contributed by atoms with van der Waals surface area (Å²) in [6.07, 6.45) is 4.70. The van der Waals surface area contributed by atoms with E-state index >= 15 is 0 Å². The minimum atomic E-state index is -0.975. The number of aryl methyl sites for hydroxylation is 1. The van der Waals surface area contributed by atoms with E-state index in [1.807, 2.05) is 18.2 Å². The summed E-state index contributed by atoms with van der Waals surface area (Å²) in [5, 5.41) is 10.6. The topological polar surface area (TPSA) is 46.2 Å². The zero-order valence-electron chi connectivity index (χ0n) is 13.4. The first-order valence-corrected chi connectivity index (χ1v) is 8.17. The average Bonchev–Trinajstić information content (AvgIpc) is 2.46. The van der Waals surface area contributed by atoms with Gasteiger partial charge in [-0.15, -0.1) is 0 Å². The van der Waals surface area contributed by atoms with Crippen LogP contribution in [-0.4, -0.2) is 23.4 Å². The van der Waals surface area contributed by atoms with Crippen LogP contribution in [0.15, 0.2) is 24.3 Å². The minimum Gasteiger partial charge on any atom is -0.390 e. The van der Waals surface area contributed by atoms with Crippen LogP contribution in [0.5, 0.6) is 0 Å². The monoisotopic (exact) mass is 295 g/mol. The van der Waals surface area contributed by atoms with E-state index in [1.54, 1.807) is 0 Å². The number of benzene rings is 1. The van der Waals surface area contributed by atoms with Gasteiger partial charge in [0, 0.05) is 13.0 Å². The Morgan fingerprint density at radius 3 is 2.33 bits per heavy atom. The molecule has 120 valence electrons. The van der Waals surface area contributed by atoms with Gasteiger partial charge in [0.2, 0.25) is 0 Å². The first-order chi connectivity index (χ1) is 10.0. The van der Waals surface area contributed by atoms with Crippen molar-refractivity contribution < 1.29 is 9.50 Å². The number of aliphatic hydroxyl groups is 1. The fourth-order valence-corrected chi connectivity index (χ4v) is 2.93. The fourth-order valence-electron chi connectivity index (χ4n) is 2.93. The molecule has 3 heteroatoms. The van der Waals surface area contributed by atoms with Gasteiger partial charge in [-0.3, -0.25) is 0 Å². The van der Waals surface area contributed by atoms with E-state index in [2.05, 4.69) is 19.9 Å². The zero-order valence-corrected chi connectivity index (χ0v) is 13.4. The lowest BCUT2D eigenvalue weighted by Crippen LogP contribution is -2.29. The van der Waals surface area contributed by atoms with Gasteiger partial charge in [-0.1, -0.05) is 51.0 Å². The van der Waals surface area contributed by atoms with E-state index in [0.29, 0.717) is 6.42 Å². The highest BCUT2D eigenvalue weighted by Gasteiger charge is 2.24. The van der Waals surface area contributed by atoms with Crippen LogP contribution in [0.3, 0.4) is 0 Å². The third-order valence-corrected chi connectivity index (χ3v) is 4.01. The molecule has 0 aromatic heterocycles. The molecule has 1 rings (SSSR count). The van der Waals surface area contributed by atoms with E-state index in [1.165, 1.54) is 5.56 Å². The van der Waals surface area contributed by atoms with Crippen LogP contribution >= 0.6 is 0 Å². The van der Waals surface area contributed by atoms with Crippen molar-refractivity contribution in [3.8, 4) is 0 Å². The van der Waals surface area contributed by atoms with Crippen LogP contribution in [0.4, 0.5) is 4.39 Å². The van der Waals surface area contributed by atoms with Gasteiger partial charge in [0.15, 0.2) is 0 Å². The largest absolute Gasteiger partial charge is 0.390 e. The number of alkyl halides is 1. The van der Waals surface area contributed by atoms with E-state index in [-0.39, 0.29) is 6.54 Å². The Morgan fingerprint density at radius 2 is 1.76 bits per heavy atom. The van der Waals surface area contributed by atoms with Gasteiger partial charge < -0.3 is 10.8 Å². The molecule has 21 heavy (non-hydrogen) atoms. The number of hydrogen-bond acceptors (Lipinski definition) is 2. The quantitative estimate of drug-likeness (QED) is 0.690. The average molecular weight is 295 g/mol. The normalized spacial score (nSPS) is 13.4. The molecule has 0 aliphatic carbocycles. The zero-order chi connectivity index (χ0) is 15.7. The van der Waals surface area contributed by atoms with Crippen molar-refractivity contribution in [3.05, 3.63) is 35.4 Å². The molecule has 3 N–H and O–H groups in total. The van der Waals surface area contributed by atoms with Crippen LogP contribution in [0, 0.1) is 0 Å². The third-order valence-electron chi connectivity index (χ3n) is 4.01. The first kappa shape index (κ1) is 18.1. The molecule has 0 aliphatic heterocycles. The van der Waals surface area contributed by atoms with Crippen molar-refractivity contribution in [3.63, 3.8) is 0 Å². The van der Waals surface area contributed by atoms with Crippen molar-refractivity contribution >= 4 is 0 Å². The summed E-state index contributed by atoms with van der Waals surface area (Å²) in [4.78, 5) is 0. The van der Waals surface area contributed by atoms with Crippen LogP contribution in [0.1, 0.15) is 57.1 Å². The summed E-state index contributed by atoms with van der Waals surface area (Å²) in [7, 11) is 0. The summed E-state index contributed by atoms with van der Waals surface area (Å²) >= 11 is 0. The van der Waals surface area contributed by atoms with Gasteiger partial charge in [0.1, 0.15) is 6.17 Å². The summed E-state index contributed by atoms with van der Waals surface area (Å²) in [5.74, 6) is 0. The molecule has 0 amide bonds. The molecular formula is C18H30FNO. The molecule has 0 saturated heterocycles. The second-order valence-electron chi connectivity index (χ2n) is 6.08. The molecule has 1 unspecified atom stereocenters. The Hall–Kier alpha value is -0.930. The van der Waals surface area contributed by atoms with Crippen LogP contribution in [0.2, 0.25) is 0 Å². The predicted octanol–water partition coefficient (Wildman–Crippen LogP) is 3.79. The van der Waals surface area contributed by atoms with Crippen molar-refractivity contribution in [1.29, 1.82) is 0 Å². The van der Waals surface area contributed by atoms with Gasteiger partial charge in [0.05, 0.1) is 5.60 Å².